The average molecular weight is 454 g/mol. The molecule has 2 N–H and O–H groups in total. The van der Waals surface area contributed by atoms with Crippen molar-refractivity contribution in [3.63, 3.8) is 0 Å². The molecule has 0 unspecified atom stereocenters. The standard InChI is InChI=1S/C20H22BrClN2O3/c1-2-3-10-23-20(26)15-6-4-14(5-7-15)12-24-19(25)13-27-18-9-8-16(21)11-17(18)22/h4-9,11H,2-3,10,12-13H2,1H3,(H,23,26)(H,24,25). The van der Waals surface area contributed by atoms with Crippen LogP contribution in [0.4, 0.5) is 0 Å². The Balaban J connectivity index is 1.77. The maximum Gasteiger partial charge on any atom is 0.258 e. The maximum absolute atomic E-state index is 12.0. The number of nitrogens with one attached hydrogen (secondary N) is 2. The SMILES string of the molecule is CCCCNC(=O)c1ccc(CNC(=O)COc2ccc(Br)cc2Cl)cc1. The van der Waals surface area contributed by atoms with Gasteiger partial charge in [0.05, 0.1) is 5.02 Å². The van der Waals surface area contributed by atoms with Crippen LogP contribution in [0.1, 0.15) is 35.7 Å². The molecule has 5 nitrogen and oxygen atoms in total. The molecule has 0 radical (unpaired) electrons. The minimum Gasteiger partial charge on any atom is -0.482 e. The first kappa shape index (κ1) is 21.3. The summed E-state index contributed by atoms with van der Waals surface area (Å²) < 4.78 is 6.26. The first-order chi connectivity index (χ1) is 13.0. The van der Waals surface area contributed by atoms with E-state index in [0.29, 0.717) is 29.4 Å². The lowest BCUT2D eigenvalue weighted by molar-refractivity contribution is -0.123. The fourth-order valence-corrected chi connectivity index (χ4v) is 2.97. The molecule has 0 aliphatic carbocycles. The molecule has 0 heterocycles. The van der Waals surface area contributed by atoms with Gasteiger partial charge in [-0.15, -0.1) is 0 Å². The molecule has 0 saturated carbocycles. The molecule has 0 aromatic heterocycles. The van der Waals surface area contributed by atoms with Gasteiger partial charge in [0, 0.05) is 23.1 Å². The number of unbranched alkanes of at least 4 members (excludes halogenated alkanes) is 1. The molecular formula is C20H22BrClN2O3. The molecule has 2 amide bonds. The van der Waals surface area contributed by atoms with Crippen molar-refractivity contribution in [2.75, 3.05) is 13.2 Å². The van der Waals surface area contributed by atoms with Crippen LogP contribution in [0.25, 0.3) is 0 Å². The van der Waals surface area contributed by atoms with E-state index in [9.17, 15) is 9.59 Å². The zero-order valence-corrected chi connectivity index (χ0v) is 17.4. The third-order valence-corrected chi connectivity index (χ3v) is 4.56. The third kappa shape index (κ3) is 7.23. The molecule has 0 saturated heterocycles. The van der Waals surface area contributed by atoms with Crippen LogP contribution in [0.15, 0.2) is 46.9 Å². The predicted molar refractivity (Wildman–Crippen MR) is 110 cm³/mol. The summed E-state index contributed by atoms with van der Waals surface area (Å²) in [4.78, 5) is 23.9. The van der Waals surface area contributed by atoms with E-state index in [1.807, 2.05) is 12.1 Å². The number of halogens is 2. The van der Waals surface area contributed by atoms with Crippen LogP contribution in [0.3, 0.4) is 0 Å². The Morgan fingerprint density at radius 1 is 1.11 bits per heavy atom. The lowest BCUT2D eigenvalue weighted by Crippen LogP contribution is -2.28. The summed E-state index contributed by atoms with van der Waals surface area (Å²) in [7, 11) is 0. The molecule has 0 aliphatic rings. The minimum absolute atomic E-state index is 0.0844. The normalized spacial score (nSPS) is 10.3. The first-order valence-electron chi connectivity index (χ1n) is 8.71. The summed E-state index contributed by atoms with van der Waals surface area (Å²) in [6.45, 7) is 2.98. The molecule has 2 aromatic carbocycles. The molecule has 7 heteroatoms. The highest BCUT2D eigenvalue weighted by molar-refractivity contribution is 9.10. The lowest BCUT2D eigenvalue weighted by atomic mass is 10.1. The van der Waals surface area contributed by atoms with Crippen LogP contribution >= 0.6 is 27.5 Å². The minimum atomic E-state index is -0.254. The van der Waals surface area contributed by atoms with Crippen molar-refractivity contribution in [2.45, 2.75) is 26.3 Å². The fourth-order valence-electron chi connectivity index (χ4n) is 2.24. The Hall–Kier alpha value is -2.05. The Bertz CT molecular complexity index is 781. The number of carbonyl (C=O) groups is 2. The third-order valence-electron chi connectivity index (χ3n) is 3.77. The second-order valence-electron chi connectivity index (χ2n) is 5.95. The molecule has 27 heavy (non-hydrogen) atoms. The summed E-state index contributed by atoms with van der Waals surface area (Å²) in [5.41, 5.74) is 1.50. The second-order valence-corrected chi connectivity index (χ2v) is 7.27. The van der Waals surface area contributed by atoms with E-state index in [2.05, 4.69) is 33.5 Å². The predicted octanol–water partition coefficient (Wildman–Crippen LogP) is 4.33. The van der Waals surface area contributed by atoms with Crippen molar-refractivity contribution < 1.29 is 14.3 Å². The summed E-state index contributed by atoms with van der Waals surface area (Å²) >= 11 is 9.36. The zero-order chi connectivity index (χ0) is 19.6. The molecule has 0 aliphatic heterocycles. The van der Waals surface area contributed by atoms with Gasteiger partial charge in [-0.2, -0.15) is 0 Å². The molecule has 0 atom stereocenters. The number of benzene rings is 2. The summed E-state index contributed by atoms with van der Waals surface area (Å²) in [5, 5.41) is 6.08. The van der Waals surface area contributed by atoms with Gasteiger partial charge in [-0.05, 0) is 42.3 Å². The first-order valence-corrected chi connectivity index (χ1v) is 9.88. The zero-order valence-electron chi connectivity index (χ0n) is 15.1. The van der Waals surface area contributed by atoms with E-state index >= 15 is 0 Å². The fraction of sp³-hybridized carbons (Fsp3) is 0.300. The van der Waals surface area contributed by atoms with Gasteiger partial charge in [0.15, 0.2) is 6.61 Å². The molecular weight excluding hydrogens is 432 g/mol. The van der Waals surface area contributed by atoms with Gasteiger partial charge in [-0.3, -0.25) is 9.59 Å². The molecule has 144 valence electrons. The Morgan fingerprint density at radius 3 is 2.52 bits per heavy atom. The van der Waals surface area contributed by atoms with Crippen LogP contribution in [-0.2, 0) is 11.3 Å². The summed E-state index contributed by atoms with van der Waals surface area (Å²) in [6.07, 6.45) is 2.00. The van der Waals surface area contributed by atoms with E-state index in [1.54, 1.807) is 30.3 Å². The topological polar surface area (TPSA) is 67.4 Å². The van der Waals surface area contributed by atoms with Crippen LogP contribution in [0.5, 0.6) is 5.75 Å². The van der Waals surface area contributed by atoms with Crippen molar-refractivity contribution in [3.05, 3.63) is 63.1 Å². The Labute approximate surface area is 172 Å². The van der Waals surface area contributed by atoms with Gasteiger partial charge < -0.3 is 15.4 Å². The van der Waals surface area contributed by atoms with E-state index in [0.717, 1.165) is 22.9 Å². The van der Waals surface area contributed by atoms with Crippen molar-refractivity contribution in [3.8, 4) is 5.75 Å². The monoisotopic (exact) mass is 452 g/mol. The van der Waals surface area contributed by atoms with Gasteiger partial charge >= 0.3 is 0 Å². The van der Waals surface area contributed by atoms with Crippen LogP contribution in [0, 0.1) is 0 Å². The number of hydrogen-bond donors (Lipinski definition) is 2. The van der Waals surface area contributed by atoms with Crippen molar-refractivity contribution >= 4 is 39.3 Å². The number of ether oxygens (including phenoxy) is 1. The second kappa shape index (κ2) is 10.9. The van der Waals surface area contributed by atoms with E-state index in [1.165, 1.54) is 0 Å². The van der Waals surface area contributed by atoms with Gasteiger partial charge in [0.2, 0.25) is 0 Å². The van der Waals surface area contributed by atoms with Crippen LogP contribution < -0.4 is 15.4 Å². The average Bonchev–Trinajstić information content (AvgIpc) is 2.66. The maximum atomic E-state index is 12.0. The molecule has 0 fully saturated rings. The number of hydrogen-bond acceptors (Lipinski definition) is 3. The van der Waals surface area contributed by atoms with E-state index in [-0.39, 0.29) is 18.4 Å². The molecule has 0 bridgehead atoms. The van der Waals surface area contributed by atoms with Gasteiger partial charge in [0.1, 0.15) is 5.75 Å². The highest BCUT2D eigenvalue weighted by Gasteiger charge is 2.08. The van der Waals surface area contributed by atoms with Crippen molar-refractivity contribution in [1.82, 2.24) is 10.6 Å². The van der Waals surface area contributed by atoms with Gasteiger partial charge in [-0.25, -0.2) is 0 Å². The smallest absolute Gasteiger partial charge is 0.258 e. The van der Waals surface area contributed by atoms with Gasteiger partial charge in [-0.1, -0.05) is 53.0 Å². The van der Waals surface area contributed by atoms with Crippen LogP contribution in [-0.4, -0.2) is 25.0 Å². The van der Waals surface area contributed by atoms with Crippen LogP contribution in [0.2, 0.25) is 5.02 Å². The van der Waals surface area contributed by atoms with Crippen molar-refractivity contribution in [1.29, 1.82) is 0 Å². The largest absolute Gasteiger partial charge is 0.482 e. The Kier molecular flexibility index (Phi) is 8.61. The quantitative estimate of drug-likeness (QED) is 0.555. The highest BCUT2D eigenvalue weighted by atomic mass is 79.9. The highest BCUT2D eigenvalue weighted by Crippen LogP contribution is 2.27. The summed E-state index contributed by atoms with van der Waals surface area (Å²) in [5.74, 6) is 0.114. The molecule has 2 rings (SSSR count). The van der Waals surface area contributed by atoms with Crippen molar-refractivity contribution in [2.24, 2.45) is 0 Å². The summed E-state index contributed by atoms with van der Waals surface area (Å²) in [6, 6.07) is 12.3. The van der Waals surface area contributed by atoms with Gasteiger partial charge in [0.25, 0.3) is 11.8 Å². The van der Waals surface area contributed by atoms with E-state index in [4.69, 9.17) is 16.3 Å². The lowest BCUT2D eigenvalue weighted by Gasteiger charge is -2.09. The van der Waals surface area contributed by atoms with E-state index < -0.39 is 0 Å². The Morgan fingerprint density at radius 2 is 1.85 bits per heavy atom. The number of amides is 2. The molecule has 2 aromatic rings. The number of carbonyl (C=O) groups excluding carboxylic acids is 2. The molecule has 0 spiro atoms. The number of rotatable bonds is 9.